The fourth-order valence-electron chi connectivity index (χ4n) is 4.95. The van der Waals surface area contributed by atoms with Crippen molar-refractivity contribution in [1.29, 1.82) is 0 Å². The molecule has 0 spiro atoms. The third-order valence-corrected chi connectivity index (χ3v) is 6.72. The number of anilines is 2. The molecular weight excluding hydrogens is 418 g/mol. The minimum Gasteiger partial charge on any atom is -0.368 e. The van der Waals surface area contributed by atoms with Gasteiger partial charge in [-0.15, -0.1) is 0 Å². The first-order valence-electron chi connectivity index (χ1n) is 11.8. The zero-order valence-electron chi connectivity index (χ0n) is 19.3. The van der Waals surface area contributed by atoms with Gasteiger partial charge in [-0.25, -0.2) is 9.97 Å². The summed E-state index contributed by atoms with van der Waals surface area (Å²) in [5.41, 5.74) is 6.94. The van der Waals surface area contributed by atoms with Crippen molar-refractivity contribution in [3.05, 3.63) is 103 Å². The highest BCUT2D eigenvalue weighted by molar-refractivity contribution is 6.02. The van der Waals surface area contributed by atoms with Crippen LogP contribution in [0.5, 0.6) is 0 Å². The van der Waals surface area contributed by atoms with Gasteiger partial charge in [0.05, 0.1) is 5.39 Å². The Hall–Kier alpha value is -4.12. The normalized spacial score (nSPS) is 14.0. The first-order chi connectivity index (χ1) is 16.8. The standard InChI is InChI=1S/C29H27N5/c1-22-10-8-9-15-26(22)34-20-25(23-11-4-2-5-12-23)27-28(30-21-31-29(27)34)33-18-16-32(17-19-33)24-13-6-3-7-14-24/h2-15,20-21H,16-19H2,1H3. The summed E-state index contributed by atoms with van der Waals surface area (Å²) < 4.78 is 2.22. The maximum atomic E-state index is 4.83. The van der Waals surface area contributed by atoms with Crippen molar-refractivity contribution < 1.29 is 0 Å². The topological polar surface area (TPSA) is 37.2 Å². The van der Waals surface area contributed by atoms with Gasteiger partial charge in [0, 0.05) is 49.3 Å². The lowest BCUT2D eigenvalue weighted by molar-refractivity contribution is 0.649. The van der Waals surface area contributed by atoms with Gasteiger partial charge in [0.2, 0.25) is 0 Å². The number of hydrogen-bond donors (Lipinski definition) is 0. The van der Waals surface area contributed by atoms with E-state index < -0.39 is 0 Å². The molecule has 34 heavy (non-hydrogen) atoms. The molecule has 0 amide bonds. The van der Waals surface area contributed by atoms with Gasteiger partial charge in [0.25, 0.3) is 0 Å². The number of para-hydroxylation sites is 2. The van der Waals surface area contributed by atoms with Crippen molar-refractivity contribution >= 4 is 22.5 Å². The minimum atomic E-state index is 0.921. The first-order valence-corrected chi connectivity index (χ1v) is 11.8. The molecule has 6 rings (SSSR count). The van der Waals surface area contributed by atoms with Gasteiger partial charge in [-0.2, -0.15) is 0 Å². The predicted molar refractivity (Wildman–Crippen MR) is 140 cm³/mol. The van der Waals surface area contributed by atoms with Crippen LogP contribution in [0.1, 0.15) is 5.56 Å². The Labute approximate surface area is 199 Å². The van der Waals surface area contributed by atoms with E-state index in [0.717, 1.165) is 48.7 Å². The quantitative estimate of drug-likeness (QED) is 0.354. The van der Waals surface area contributed by atoms with Crippen LogP contribution in [0.15, 0.2) is 97.5 Å². The molecule has 3 aromatic carbocycles. The number of aryl methyl sites for hydroxylation is 1. The second-order valence-electron chi connectivity index (χ2n) is 8.77. The third-order valence-electron chi connectivity index (χ3n) is 6.72. The van der Waals surface area contributed by atoms with Crippen LogP contribution in [0, 0.1) is 6.92 Å². The molecule has 1 saturated heterocycles. The number of nitrogens with zero attached hydrogens (tertiary/aromatic N) is 5. The van der Waals surface area contributed by atoms with E-state index in [2.05, 4.69) is 112 Å². The van der Waals surface area contributed by atoms with Gasteiger partial charge in [-0.1, -0.05) is 66.7 Å². The van der Waals surface area contributed by atoms with Crippen LogP contribution in [-0.4, -0.2) is 40.7 Å². The van der Waals surface area contributed by atoms with Crippen molar-refractivity contribution in [3.8, 4) is 16.8 Å². The Morgan fingerprint density at radius 1 is 0.676 bits per heavy atom. The lowest BCUT2D eigenvalue weighted by atomic mass is 10.1. The van der Waals surface area contributed by atoms with Crippen LogP contribution < -0.4 is 9.80 Å². The van der Waals surface area contributed by atoms with E-state index in [1.165, 1.54) is 22.4 Å². The van der Waals surface area contributed by atoms with Crippen LogP contribution in [0.25, 0.3) is 27.8 Å². The van der Waals surface area contributed by atoms with Crippen molar-refractivity contribution in [1.82, 2.24) is 14.5 Å². The molecular formula is C29H27N5. The summed E-state index contributed by atoms with van der Waals surface area (Å²) in [4.78, 5) is 14.5. The van der Waals surface area contributed by atoms with Crippen molar-refractivity contribution in [2.45, 2.75) is 6.92 Å². The highest BCUT2D eigenvalue weighted by atomic mass is 15.3. The Kier molecular flexibility index (Phi) is 5.22. The second kappa shape index (κ2) is 8.67. The SMILES string of the molecule is Cc1ccccc1-n1cc(-c2ccccc2)c2c(N3CCN(c4ccccc4)CC3)ncnc21. The molecule has 0 unspecified atom stereocenters. The molecule has 0 saturated carbocycles. The molecule has 168 valence electrons. The molecule has 1 aliphatic heterocycles. The van der Waals surface area contributed by atoms with Crippen LogP contribution in [-0.2, 0) is 0 Å². The first kappa shape index (κ1) is 20.5. The summed E-state index contributed by atoms with van der Waals surface area (Å²) in [7, 11) is 0. The summed E-state index contributed by atoms with van der Waals surface area (Å²) in [6.45, 7) is 5.92. The Balaban J connectivity index is 1.45. The fourth-order valence-corrected chi connectivity index (χ4v) is 4.95. The van der Waals surface area contributed by atoms with E-state index in [0.29, 0.717) is 0 Å². The molecule has 3 heterocycles. The molecule has 0 N–H and O–H groups in total. The van der Waals surface area contributed by atoms with Crippen LogP contribution in [0.4, 0.5) is 11.5 Å². The largest absolute Gasteiger partial charge is 0.368 e. The van der Waals surface area contributed by atoms with Crippen LogP contribution in [0.2, 0.25) is 0 Å². The van der Waals surface area contributed by atoms with Gasteiger partial charge in [-0.05, 0) is 36.2 Å². The highest BCUT2D eigenvalue weighted by Gasteiger charge is 2.24. The van der Waals surface area contributed by atoms with E-state index in [1.54, 1.807) is 6.33 Å². The molecule has 2 aromatic heterocycles. The number of hydrogen-bond acceptors (Lipinski definition) is 4. The molecule has 1 fully saturated rings. The van der Waals surface area contributed by atoms with E-state index in [1.807, 2.05) is 0 Å². The number of benzene rings is 3. The van der Waals surface area contributed by atoms with Gasteiger partial charge in [-0.3, -0.25) is 0 Å². The zero-order valence-corrected chi connectivity index (χ0v) is 19.3. The minimum absolute atomic E-state index is 0.921. The fraction of sp³-hybridized carbons (Fsp3) is 0.172. The van der Waals surface area contributed by atoms with E-state index in [4.69, 9.17) is 9.97 Å². The van der Waals surface area contributed by atoms with Gasteiger partial charge >= 0.3 is 0 Å². The van der Waals surface area contributed by atoms with Crippen molar-refractivity contribution in [2.75, 3.05) is 36.0 Å². The summed E-state index contributed by atoms with van der Waals surface area (Å²) in [6, 6.07) is 29.7. The van der Waals surface area contributed by atoms with E-state index in [-0.39, 0.29) is 0 Å². The molecule has 0 aliphatic carbocycles. The molecule has 0 bridgehead atoms. The summed E-state index contributed by atoms with van der Waals surface area (Å²) in [6.07, 6.45) is 3.94. The van der Waals surface area contributed by atoms with Gasteiger partial charge < -0.3 is 14.4 Å². The Bertz CT molecular complexity index is 1420. The number of aromatic nitrogens is 3. The van der Waals surface area contributed by atoms with Gasteiger partial charge in [0.1, 0.15) is 12.1 Å². The molecule has 5 nitrogen and oxygen atoms in total. The average molecular weight is 446 g/mol. The van der Waals surface area contributed by atoms with Crippen molar-refractivity contribution in [2.24, 2.45) is 0 Å². The smallest absolute Gasteiger partial charge is 0.150 e. The van der Waals surface area contributed by atoms with Crippen LogP contribution >= 0.6 is 0 Å². The lowest BCUT2D eigenvalue weighted by Gasteiger charge is -2.37. The predicted octanol–water partition coefficient (Wildman–Crippen LogP) is 5.72. The Morgan fingerprint density at radius 2 is 1.32 bits per heavy atom. The lowest BCUT2D eigenvalue weighted by Crippen LogP contribution is -2.46. The average Bonchev–Trinajstić information content (AvgIpc) is 3.30. The molecule has 5 aromatic rings. The molecule has 1 aliphatic rings. The number of rotatable bonds is 4. The van der Waals surface area contributed by atoms with Crippen LogP contribution in [0.3, 0.4) is 0 Å². The van der Waals surface area contributed by atoms with E-state index >= 15 is 0 Å². The second-order valence-corrected chi connectivity index (χ2v) is 8.77. The van der Waals surface area contributed by atoms with Gasteiger partial charge in [0.15, 0.2) is 5.65 Å². The van der Waals surface area contributed by atoms with E-state index in [9.17, 15) is 0 Å². The maximum absolute atomic E-state index is 4.83. The van der Waals surface area contributed by atoms with Crippen molar-refractivity contribution in [3.63, 3.8) is 0 Å². The Morgan fingerprint density at radius 3 is 2.06 bits per heavy atom. The third kappa shape index (κ3) is 3.59. The zero-order chi connectivity index (χ0) is 22.9. The highest BCUT2D eigenvalue weighted by Crippen LogP contribution is 2.37. The molecule has 5 heteroatoms. The molecule has 0 radical (unpaired) electrons. The summed E-state index contributed by atoms with van der Waals surface area (Å²) >= 11 is 0. The summed E-state index contributed by atoms with van der Waals surface area (Å²) in [5, 5.41) is 1.12. The monoisotopic (exact) mass is 445 g/mol. The molecule has 0 atom stereocenters. The summed E-state index contributed by atoms with van der Waals surface area (Å²) in [5.74, 6) is 1.02. The number of fused-ring (bicyclic) bond motifs is 1. The number of piperazine rings is 1. The maximum Gasteiger partial charge on any atom is 0.150 e.